The van der Waals surface area contributed by atoms with E-state index in [9.17, 15) is 9.59 Å². The van der Waals surface area contributed by atoms with Gasteiger partial charge in [-0.2, -0.15) is 0 Å². The third-order valence-corrected chi connectivity index (χ3v) is 5.99. The quantitative estimate of drug-likeness (QED) is 0.641. The number of benzene rings is 3. The summed E-state index contributed by atoms with van der Waals surface area (Å²) in [6.07, 6.45) is 0.188. The van der Waals surface area contributed by atoms with E-state index < -0.39 is 0 Å². The molecule has 3 aromatic rings. The summed E-state index contributed by atoms with van der Waals surface area (Å²) in [4.78, 5) is 27.8. The summed E-state index contributed by atoms with van der Waals surface area (Å²) in [7, 11) is 0. The third-order valence-electron chi connectivity index (χ3n) is 5.99. The maximum atomic E-state index is 13.1. The molecule has 0 radical (unpaired) electrons. The Balaban J connectivity index is 1.32. The average molecular weight is 428 g/mol. The number of rotatable bonds is 6. The Bertz CT molecular complexity index is 1170. The van der Waals surface area contributed by atoms with Gasteiger partial charge in [0.15, 0.2) is 11.5 Å². The van der Waals surface area contributed by atoms with Crippen LogP contribution >= 0.6 is 0 Å². The molecule has 2 aliphatic rings. The molecule has 0 saturated heterocycles. The summed E-state index contributed by atoms with van der Waals surface area (Å²) in [5.41, 5.74) is 4.73. The van der Waals surface area contributed by atoms with Gasteiger partial charge in [-0.15, -0.1) is 0 Å². The molecule has 5 rings (SSSR count). The molecule has 0 unspecified atom stereocenters. The summed E-state index contributed by atoms with van der Waals surface area (Å²) in [5.74, 6) is 1.26. The van der Waals surface area contributed by atoms with Gasteiger partial charge in [0.1, 0.15) is 0 Å². The second-order valence-corrected chi connectivity index (χ2v) is 8.19. The van der Waals surface area contributed by atoms with E-state index in [-0.39, 0.29) is 31.1 Å². The lowest BCUT2D eigenvalue weighted by Crippen LogP contribution is -2.34. The molecule has 1 atom stereocenters. The molecule has 2 aliphatic heterocycles. The minimum atomic E-state index is -0.341. The second-order valence-electron chi connectivity index (χ2n) is 8.19. The van der Waals surface area contributed by atoms with E-state index in [1.807, 2.05) is 73.7 Å². The number of hydrogen-bond acceptors (Lipinski definition) is 4. The minimum Gasteiger partial charge on any atom is -0.454 e. The highest BCUT2D eigenvalue weighted by atomic mass is 16.7. The zero-order valence-electron chi connectivity index (χ0n) is 17.8. The van der Waals surface area contributed by atoms with Crippen molar-refractivity contribution in [3.63, 3.8) is 0 Å². The molecule has 0 aromatic heterocycles. The van der Waals surface area contributed by atoms with Gasteiger partial charge in [0.2, 0.25) is 12.7 Å². The van der Waals surface area contributed by atoms with E-state index in [2.05, 4.69) is 5.32 Å². The summed E-state index contributed by atoms with van der Waals surface area (Å²) < 4.78 is 10.7. The standard InChI is InChI=1S/C26H24N2O4/c1-17-6-9-19(10-7-17)22(28-15-20-4-2-3-5-21(20)26(28)30)13-25(29)27-14-18-8-11-23-24(12-18)32-16-31-23/h2-12,22H,13-16H2,1H3,(H,27,29)/t22-/m0/s1. The van der Waals surface area contributed by atoms with Crippen molar-refractivity contribution >= 4 is 11.8 Å². The van der Waals surface area contributed by atoms with Crippen LogP contribution in [-0.2, 0) is 17.9 Å². The number of carbonyl (C=O) groups is 2. The van der Waals surface area contributed by atoms with Crippen molar-refractivity contribution in [2.75, 3.05) is 6.79 Å². The maximum Gasteiger partial charge on any atom is 0.255 e. The van der Waals surface area contributed by atoms with Crippen LogP contribution in [0.25, 0.3) is 0 Å². The Morgan fingerprint density at radius 3 is 2.62 bits per heavy atom. The van der Waals surface area contributed by atoms with Gasteiger partial charge in [0.25, 0.3) is 5.91 Å². The largest absolute Gasteiger partial charge is 0.454 e. The molecule has 2 heterocycles. The monoisotopic (exact) mass is 428 g/mol. The normalized spacial score (nSPS) is 14.9. The molecule has 162 valence electrons. The highest BCUT2D eigenvalue weighted by Gasteiger charge is 2.34. The van der Waals surface area contributed by atoms with Crippen LogP contribution in [0.5, 0.6) is 11.5 Å². The lowest BCUT2D eigenvalue weighted by atomic mass is 10.00. The summed E-state index contributed by atoms with van der Waals surface area (Å²) in [6, 6.07) is 21.0. The van der Waals surface area contributed by atoms with E-state index in [0.29, 0.717) is 30.2 Å². The fourth-order valence-electron chi connectivity index (χ4n) is 4.22. The molecule has 0 bridgehead atoms. The van der Waals surface area contributed by atoms with E-state index in [0.717, 1.165) is 22.3 Å². The van der Waals surface area contributed by atoms with Crippen molar-refractivity contribution < 1.29 is 19.1 Å². The topological polar surface area (TPSA) is 67.9 Å². The van der Waals surface area contributed by atoms with Gasteiger partial charge in [0.05, 0.1) is 12.5 Å². The second kappa shape index (κ2) is 8.38. The molecule has 6 nitrogen and oxygen atoms in total. The first kappa shape index (κ1) is 20.1. The van der Waals surface area contributed by atoms with Crippen molar-refractivity contribution in [2.24, 2.45) is 0 Å². The van der Waals surface area contributed by atoms with Crippen LogP contribution in [0, 0.1) is 6.92 Å². The van der Waals surface area contributed by atoms with Crippen molar-refractivity contribution in [1.29, 1.82) is 0 Å². The van der Waals surface area contributed by atoms with Crippen LogP contribution in [0.4, 0.5) is 0 Å². The zero-order chi connectivity index (χ0) is 22.1. The fraction of sp³-hybridized carbons (Fsp3) is 0.231. The van der Waals surface area contributed by atoms with Crippen LogP contribution in [0.15, 0.2) is 66.7 Å². The van der Waals surface area contributed by atoms with E-state index in [4.69, 9.17) is 9.47 Å². The van der Waals surface area contributed by atoms with Crippen LogP contribution in [0.2, 0.25) is 0 Å². The van der Waals surface area contributed by atoms with E-state index in [1.165, 1.54) is 0 Å². The first-order valence-corrected chi connectivity index (χ1v) is 10.7. The van der Waals surface area contributed by atoms with E-state index >= 15 is 0 Å². The highest BCUT2D eigenvalue weighted by molar-refractivity contribution is 5.98. The number of fused-ring (bicyclic) bond motifs is 2. The zero-order valence-corrected chi connectivity index (χ0v) is 17.8. The van der Waals surface area contributed by atoms with Gasteiger partial charge < -0.3 is 19.7 Å². The van der Waals surface area contributed by atoms with Gasteiger partial charge in [-0.3, -0.25) is 9.59 Å². The molecule has 0 spiro atoms. The lowest BCUT2D eigenvalue weighted by molar-refractivity contribution is -0.122. The SMILES string of the molecule is Cc1ccc([C@H](CC(=O)NCc2ccc3c(c2)OCO3)N2Cc3ccccc3C2=O)cc1. The number of nitrogens with one attached hydrogen (secondary N) is 1. The number of amides is 2. The Kier molecular flexibility index (Phi) is 5.27. The van der Waals surface area contributed by atoms with Crippen molar-refractivity contribution in [2.45, 2.75) is 32.5 Å². The summed E-state index contributed by atoms with van der Waals surface area (Å²) in [6.45, 7) is 3.12. The Labute approximate surface area is 186 Å². The molecule has 1 N–H and O–H groups in total. The minimum absolute atomic E-state index is 0.0326. The molecule has 0 fully saturated rings. The first-order valence-electron chi connectivity index (χ1n) is 10.7. The predicted octanol–water partition coefficient (Wildman–Crippen LogP) is 4.13. The van der Waals surface area contributed by atoms with Crippen LogP contribution in [0.3, 0.4) is 0 Å². The molecule has 0 aliphatic carbocycles. The Hall–Kier alpha value is -3.80. The summed E-state index contributed by atoms with van der Waals surface area (Å²) >= 11 is 0. The number of ether oxygens (including phenoxy) is 2. The van der Waals surface area contributed by atoms with Crippen LogP contribution in [-0.4, -0.2) is 23.5 Å². The van der Waals surface area contributed by atoms with Gasteiger partial charge in [-0.05, 0) is 41.8 Å². The molecule has 0 saturated carbocycles. The number of carbonyl (C=O) groups excluding carboxylic acids is 2. The number of hydrogen-bond donors (Lipinski definition) is 1. The lowest BCUT2D eigenvalue weighted by Gasteiger charge is -2.28. The molecule has 3 aromatic carbocycles. The average Bonchev–Trinajstić information content (AvgIpc) is 3.41. The van der Waals surface area contributed by atoms with Crippen LogP contribution < -0.4 is 14.8 Å². The molecule has 2 amide bonds. The van der Waals surface area contributed by atoms with Crippen molar-refractivity contribution in [3.05, 3.63) is 94.5 Å². The molecular formula is C26H24N2O4. The third kappa shape index (κ3) is 3.91. The van der Waals surface area contributed by atoms with Crippen molar-refractivity contribution in [3.8, 4) is 11.5 Å². The Morgan fingerprint density at radius 2 is 1.81 bits per heavy atom. The summed E-state index contributed by atoms with van der Waals surface area (Å²) in [5, 5.41) is 2.99. The molecular weight excluding hydrogens is 404 g/mol. The number of nitrogens with zero attached hydrogens (tertiary/aromatic N) is 1. The first-order chi connectivity index (χ1) is 15.6. The van der Waals surface area contributed by atoms with Gasteiger partial charge in [-0.1, -0.05) is 54.1 Å². The van der Waals surface area contributed by atoms with E-state index in [1.54, 1.807) is 4.90 Å². The van der Waals surface area contributed by atoms with Gasteiger partial charge in [-0.25, -0.2) is 0 Å². The smallest absolute Gasteiger partial charge is 0.255 e. The van der Waals surface area contributed by atoms with Gasteiger partial charge in [0, 0.05) is 18.7 Å². The molecule has 6 heteroatoms. The maximum absolute atomic E-state index is 13.1. The van der Waals surface area contributed by atoms with Crippen LogP contribution in [0.1, 0.15) is 45.1 Å². The Morgan fingerprint density at radius 1 is 1.03 bits per heavy atom. The predicted molar refractivity (Wildman–Crippen MR) is 119 cm³/mol. The fourth-order valence-corrected chi connectivity index (χ4v) is 4.22. The number of aryl methyl sites for hydroxylation is 1. The molecule has 32 heavy (non-hydrogen) atoms. The van der Waals surface area contributed by atoms with Crippen molar-refractivity contribution in [1.82, 2.24) is 10.2 Å². The highest BCUT2D eigenvalue weighted by Crippen LogP contribution is 2.34. The van der Waals surface area contributed by atoms with Gasteiger partial charge >= 0.3 is 0 Å².